The lowest BCUT2D eigenvalue weighted by atomic mass is 9.81. The topological polar surface area (TPSA) is 203 Å². The van der Waals surface area contributed by atoms with Crippen LogP contribution in [0.25, 0.3) is 0 Å². The fourth-order valence-corrected chi connectivity index (χ4v) is 11.7. The number of nitrogens with zero attached hydrogens (tertiary/aromatic N) is 4. The van der Waals surface area contributed by atoms with Crippen LogP contribution in [0.2, 0.25) is 0 Å². The first-order chi connectivity index (χ1) is 33.4. The highest BCUT2D eigenvalue weighted by Crippen LogP contribution is 2.34. The summed E-state index contributed by atoms with van der Waals surface area (Å²) in [6.07, 6.45) is 5.75. The van der Waals surface area contributed by atoms with E-state index in [1.54, 1.807) is 61.5 Å². The summed E-state index contributed by atoms with van der Waals surface area (Å²) in [5, 5.41) is 15.4. The van der Waals surface area contributed by atoms with Gasteiger partial charge in [0.05, 0.1) is 18.1 Å². The quantitative estimate of drug-likeness (QED) is 0.0585. The molecule has 2 saturated heterocycles. The summed E-state index contributed by atoms with van der Waals surface area (Å²) < 4.78 is 5.90. The van der Waals surface area contributed by atoms with E-state index in [9.17, 15) is 43.5 Å². The largest absolute Gasteiger partial charge is 0.480 e. The number of thioether (sulfide) groups is 1. The lowest BCUT2D eigenvalue weighted by molar-refractivity contribution is -0.146. The highest BCUT2D eigenvalue weighted by molar-refractivity contribution is 7.99. The molecule has 2 heterocycles. The standard InChI is InChI=1S/C54H88N6O10S/c1-15-35(8)47(36(9)29-42(61)59-27-21-25-41(59)48(70-14)37(10)49(64)55-40(52(67)68)30-38-23-19-18-20-24-38)57(12)51(66)45(33(4)5)56-50(65)46(34(6)7)58(13)53(69)60-43(62)31-39(32-44(60)63)71-28-22-26-54(11,16-2)17-3/h18-20,23-24,33-37,39-41,45-48H,15-17,21-22,25-32H2,1-14H3,(H,55,64)(H,56,65)(H,67,68)/t35-,36+,37+,40-,41-,45-,46?,47?,48+/m0/s1. The van der Waals surface area contributed by atoms with Crippen LogP contribution in [0.5, 0.6) is 0 Å². The maximum atomic E-state index is 14.6. The number of hydrogen-bond acceptors (Lipinski definition) is 10. The molecule has 16 nitrogen and oxygen atoms in total. The Morgan fingerprint density at radius 2 is 1.46 bits per heavy atom. The summed E-state index contributed by atoms with van der Waals surface area (Å²) >= 11 is 1.60. The van der Waals surface area contributed by atoms with Crippen molar-refractivity contribution in [3.63, 3.8) is 0 Å². The fraction of sp³-hybridized carbons (Fsp3) is 0.741. The Balaban J connectivity index is 1.72. The number of imide groups is 3. The number of ether oxygens (including phenoxy) is 1. The average Bonchev–Trinajstić information content (AvgIpc) is 3.81. The van der Waals surface area contributed by atoms with Gasteiger partial charge < -0.3 is 35.2 Å². The highest BCUT2D eigenvalue weighted by atomic mass is 32.2. The SMILES string of the molecule is CC[C@H](C)C([C@H](C)CC(=O)N1CCC[C@H]1[C@H](OC)[C@@H](C)C(=O)N[C@@H](Cc1ccccc1)C(=O)O)N(C)C(=O)[C@@H](NC(=O)C(C(C)C)N(C)C(=O)N1C(=O)CC(SCCCC(C)(CC)CC)CC1=O)C(C)C. The number of urea groups is 1. The Hall–Kier alpha value is -4.51. The number of methoxy groups -OCH3 is 1. The van der Waals surface area contributed by atoms with Crippen molar-refractivity contribution in [3.05, 3.63) is 35.9 Å². The normalized spacial score (nSPS) is 19.1. The van der Waals surface area contributed by atoms with Gasteiger partial charge in [0, 0.05) is 64.7 Å². The molecule has 2 fully saturated rings. The van der Waals surface area contributed by atoms with E-state index in [0.29, 0.717) is 30.7 Å². The van der Waals surface area contributed by atoms with E-state index in [1.807, 2.05) is 52.8 Å². The van der Waals surface area contributed by atoms with E-state index in [-0.39, 0.29) is 65.9 Å². The summed E-state index contributed by atoms with van der Waals surface area (Å²) in [5.41, 5.74) is 1.03. The number of nitrogens with one attached hydrogen (secondary N) is 2. The maximum absolute atomic E-state index is 14.6. The van der Waals surface area contributed by atoms with Crippen molar-refractivity contribution in [1.82, 2.24) is 30.2 Å². The lowest BCUT2D eigenvalue weighted by Gasteiger charge is -2.41. The van der Waals surface area contributed by atoms with Crippen LogP contribution in [0.3, 0.4) is 0 Å². The van der Waals surface area contributed by atoms with Crippen molar-refractivity contribution >= 4 is 59.2 Å². The second-order valence-electron chi connectivity index (χ2n) is 21.3. The van der Waals surface area contributed by atoms with Crippen LogP contribution < -0.4 is 10.6 Å². The van der Waals surface area contributed by atoms with Crippen molar-refractivity contribution in [2.24, 2.45) is 35.0 Å². The highest BCUT2D eigenvalue weighted by Gasteiger charge is 2.45. The number of carbonyl (C=O) groups is 8. The van der Waals surface area contributed by atoms with E-state index in [4.69, 9.17) is 4.74 Å². The van der Waals surface area contributed by atoms with Gasteiger partial charge in [0.25, 0.3) is 0 Å². The van der Waals surface area contributed by atoms with Crippen molar-refractivity contribution in [2.75, 3.05) is 33.5 Å². The molecule has 8 amide bonds. The Labute approximate surface area is 428 Å². The molecule has 2 aliphatic heterocycles. The minimum absolute atomic E-state index is 0.0433. The lowest BCUT2D eigenvalue weighted by Crippen LogP contribution is -2.61. The zero-order chi connectivity index (χ0) is 53.5. The van der Waals surface area contributed by atoms with E-state index in [2.05, 4.69) is 31.4 Å². The van der Waals surface area contributed by atoms with Gasteiger partial charge >= 0.3 is 12.0 Å². The summed E-state index contributed by atoms with van der Waals surface area (Å²) in [6, 6.07) is 4.03. The molecule has 9 atom stereocenters. The van der Waals surface area contributed by atoms with Gasteiger partial charge in [-0.25, -0.2) is 14.5 Å². The zero-order valence-electron chi connectivity index (χ0n) is 45.3. The molecule has 71 heavy (non-hydrogen) atoms. The average molecular weight is 1010 g/mol. The molecular formula is C54H88N6O10S. The number of aliphatic carboxylic acids is 1. The van der Waals surface area contributed by atoms with Gasteiger partial charge in [0.1, 0.15) is 18.1 Å². The van der Waals surface area contributed by atoms with Crippen molar-refractivity contribution in [1.29, 1.82) is 0 Å². The number of carbonyl (C=O) groups excluding carboxylic acids is 7. The minimum atomic E-state index is -1.16. The van der Waals surface area contributed by atoms with Crippen LogP contribution in [0.15, 0.2) is 30.3 Å². The van der Waals surface area contributed by atoms with Crippen LogP contribution in [-0.4, -0.2) is 147 Å². The Morgan fingerprint density at radius 1 is 0.859 bits per heavy atom. The fourth-order valence-electron chi connectivity index (χ4n) is 10.5. The number of hydrogen-bond donors (Lipinski definition) is 3. The van der Waals surface area contributed by atoms with Gasteiger partial charge in [0.15, 0.2) is 0 Å². The molecule has 0 spiro atoms. The first kappa shape index (κ1) is 60.8. The second-order valence-corrected chi connectivity index (χ2v) is 22.7. The first-order valence-electron chi connectivity index (χ1n) is 26.1. The van der Waals surface area contributed by atoms with E-state index in [1.165, 1.54) is 14.2 Å². The first-order valence-corrected chi connectivity index (χ1v) is 27.1. The number of benzene rings is 1. The molecule has 0 saturated carbocycles. The molecule has 3 rings (SSSR count). The Bertz CT molecular complexity index is 1950. The third-order valence-corrected chi connectivity index (χ3v) is 16.8. The predicted molar refractivity (Wildman–Crippen MR) is 278 cm³/mol. The molecule has 2 unspecified atom stereocenters. The molecule has 3 N–H and O–H groups in total. The number of likely N-dealkylation sites (N-methyl/N-ethyl adjacent to an activating group) is 2. The number of amides is 8. The second kappa shape index (κ2) is 28.1. The molecule has 1 aromatic carbocycles. The van der Waals surface area contributed by atoms with Gasteiger partial charge in [-0.3, -0.25) is 28.8 Å². The summed E-state index contributed by atoms with van der Waals surface area (Å²) in [6.45, 7) is 21.9. The van der Waals surface area contributed by atoms with Crippen LogP contribution >= 0.6 is 11.8 Å². The summed E-state index contributed by atoms with van der Waals surface area (Å²) in [7, 11) is 4.58. The van der Waals surface area contributed by atoms with Gasteiger partial charge in [-0.2, -0.15) is 11.8 Å². The molecule has 17 heteroatoms. The zero-order valence-corrected chi connectivity index (χ0v) is 46.1. The number of rotatable bonds is 27. The predicted octanol–water partition coefficient (Wildman–Crippen LogP) is 7.41. The smallest absolute Gasteiger partial charge is 0.334 e. The van der Waals surface area contributed by atoms with Crippen LogP contribution in [0.1, 0.15) is 146 Å². The Kier molecular flexibility index (Phi) is 24.0. The third-order valence-electron chi connectivity index (χ3n) is 15.5. The van der Waals surface area contributed by atoms with Gasteiger partial charge in [-0.15, -0.1) is 0 Å². The van der Waals surface area contributed by atoms with Crippen molar-refractivity contribution < 1.29 is 48.2 Å². The van der Waals surface area contributed by atoms with Crippen LogP contribution in [0.4, 0.5) is 4.79 Å². The number of carboxylic acid groups (broad SMARTS) is 1. The van der Waals surface area contributed by atoms with Crippen LogP contribution in [-0.2, 0) is 44.7 Å². The molecule has 1 aromatic rings. The minimum Gasteiger partial charge on any atom is -0.480 e. The summed E-state index contributed by atoms with van der Waals surface area (Å²) in [5.74, 6) is -5.13. The number of likely N-dealkylation sites (tertiary alicyclic amines) is 2. The number of piperidine rings is 1. The Morgan fingerprint density at radius 3 is 1.99 bits per heavy atom. The van der Waals surface area contributed by atoms with Gasteiger partial charge in [0.2, 0.25) is 35.4 Å². The monoisotopic (exact) mass is 1010 g/mol. The molecule has 0 aliphatic carbocycles. The third kappa shape index (κ3) is 16.2. The van der Waals surface area contributed by atoms with Crippen LogP contribution in [0, 0.1) is 35.0 Å². The molecule has 0 bridgehead atoms. The van der Waals surface area contributed by atoms with E-state index < -0.39 is 83.8 Å². The molecule has 0 aromatic heterocycles. The molecule has 0 radical (unpaired) electrons. The molecule has 400 valence electrons. The van der Waals surface area contributed by atoms with E-state index >= 15 is 0 Å². The van der Waals surface area contributed by atoms with E-state index in [0.717, 1.165) is 41.9 Å². The van der Waals surface area contributed by atoms with Crippen molar-refractivity contribution in [2.45, 2.75) is 188 Å². The molecular weight excluding hydrogens is 925 g/mol. The van der Waals surface area contributed by atoms with Gasteiger partial charge in [-0.05, 0) is 66.1 Å². The maximum Gasteiger partial charge on any atom is 0.334 e. The van der Waals surface area contributed by atoms with Crippen molar-refractivity contribution in [3.8, 4) is 0 Å². The molecule has 2 aliphatic rings. The van der Waals surface area contributed by atoms with Gasteiger partial charge in [-0.1, -0.05) is 126 Å². The number of carboxylic acids is 1. The summed E-state index contributed by atoms with van der Waals surface area (Å²) in [4.78, 5) is 115.